The van der Waals surface area contributed by atoms with Gasteiger partial charge in [-0.05, 0) is 44.5 Å². The monoisotopic (exact) mass is 353 g/mol. The maximum Gasteiger partial charge on any atom is 0.227 e. The van der Waals surface area contributed by atoms with Crippen molar-refractivity contribution in [3.05, 3.63) is 53.0 Å². The van der Waals surface area contributed by atoms with Gasteiger partial charge in [-0.25, -0.2) is 9.97 Å². The predicted molar refractivity (Wildman–Crippen MR) is 103 cm³/mol. The van der Waals surface area contributed by atoms with E-state index < -0.39 is 0 Å². The maximum atomic E-state index is 12.7. The van der Waals surface area contributed by atoms with E-state index in [1.165, 1.54) is 11.1 Å². The van der Waals surface area contributed by atoms with Crippen LogP contribution in [0.5, 0.6) is 0 Å². The molecule has 1 unspecified atom stereocenters. The lowest BCUT2D eigenvalue weighted by Gasteiger charge is -2.24. The van der Waals surface area contributed by atoms with Gasteiger partial charge in [0.1, 0.15) is 11.6 Å². The highest BCUT2D eigenvalue weighted by atomic mass is 16.2. The van der Waals surface area contributed by atoms with Gasteiger partial charge < -0.3 is 10.6 Å². The molecule has 0 radical (unpaired) electrons. The third-order valence-electron chi connectivity index (χ3n) is 5.10. The molecule has 1 aromatic carbocycles. The highest BCUT2D eigenvalue weighted by Gasteiger charge is 2.29. The summed E-state index contributed by atoms with van der Waals surface area (Å²) in [7, 11) is 2.05. The number of rotatable bonds is 5. The molecular formula is C20H27N5O. The lowest BCUT2D eigenvalue weighted by atomic mass is 10.0. The van der Waals surface area contributed by atoms with Crippen LogP contribution in [0, 0.1) is 13.8 Å². The van der Waals surface area contributed by atoms with Crippen molar-refractivity contribution >= 4 is 11.7 Å². The second-order valence-electron chi connectivity index (χ2n) is 7.20. The van der Waals surface area contributed by atoms with E-state index in [0.717, 1.165) is 25.1 Å². The number of nitrogen functional groups attached to an aromatic ring is 1. The first kappa shape index (κ1) is 18.3. The number of anilines is 1. The van der Waals surface area contributed by atoms with Crippen molar-refractivity contribution in [2.75, 3.05) is 25.9 Å². The molecule has 0 spiro atoms. The largest absolute Gasteiger partial charge is 0.384 e. The van der Waals surface area contributed by atoms with Crippen LogP contribution in [0.1, 0.15) is 28.9 Å². The molecule has 1 aromatic heterocycles. The lowest BCUT2D eigenvalue weighted by molar-refractivity contribution is -0.129. The number of aryl methyl sites for hydroxylation is 2. The van der Waals surface area contributed by atoms with Crippen molar-refractivity contribution in [3.8, 4) is 0 Å². The number of nitrogens with two attached hydrogens (primary N) is 1. The van der Waals surface area contributed by atoms with E-state index in [2.05, 4.69) is 54.0 Å². The van der Waals surface area contributed by atoms with Crippen LogP contribution >= 0.6 is 0 Å². The van der Waals surface area contributed by atoms with Crippen molar-refractivity contribution < 1.29 is 4.79 Å². The Morgan fingerprint density at radius 1 is 1.35 bits per heavy atom. The number of nitrogens with zero attached hydrogens (tertiary/aromatic N) is 4. The summed E-state index contributed by atoms with van der Waals surface area (Å²) in [4.78, 5) is 25.4. The van der Waals surface area contributed by atoms with Crippen LogP contribution in [0.2, 0.25) is 0 Å². The van der Waals surface area contributed by atoms with Crippen LogP contribution in [0.15, 0.2) is 30.5 Å². The molecule has 1 atom stereocenters. The summed E-state index contributed by atoms with van der Waals surface area (Å²) in [5, 5.41) is 0. The summed E-state index contributed by atoms with van der Waals surface area (Å²) in [6.45, 7) is 6.31. The first-order valence-corrected chi connectivity index (χ1v) is 9.04. The third kappa shape index (κ3) is 4.38. The fourth-order valence-electron chi connectivity index (χ4n) is 3.44. The molecule has 138 valence electrons. The van der Waals surface area contributed by atoms with Gasteiger partial charge in [0.15, 0.2) is 0 Å². The van der Waals surface area contributed by atoms with Crippen molar-refractivity contribution in [3.63, 3.8) is 0 Å². The Hall–Kier alpha value is -2.47. The van der Waals surface area contributed by atoms with Crippen molar-refractivity contribution in [1.29, 1.82) is 0 Å². The molecule has 0 saturated carbocycles. The molecule has 1 aliphatic rings. The summed E-state index contributed by atoms with van der Waals surface area (Å²) in [5.41, 5.74) is 9.22. The SMILES string of the molecule is Cc1ccc(C)c(CC(=O)N2CCC(N(C)Cc3nccc(N)n3)C2)c1. The zero-order valence-corrected chi connectivity index (χ0v) is 15.8. The predicted octanol–water partition coefficient (Wildman–Crippen LogP) is 1.95. The highest BCUT2D eigenvalue weighted by Crippen LogP contribution is 2.19. The molecule has 6 heteroatoms. The Balaban J connectivity index is 1.57. The first-order chi connectivity index (χ1) is 12.4. The Morgan fingerprint density at radius 3 is 2.92 bits per heavy atom. The first-order valence-electron chi connectivity index (χ1n) is 9.04. The fraction of sp³-hybridized carbons (Fsp3) is 0.450. The van der Waals surface area contributed by atoms with Gasteiger partial charge in [-0.2, -0.15) is 0 Å². The molecule has 1 amide bonds. The van der Waals surface area contributed by atoms with Crippen LogP contribution < -0.4 is 5.73 Å². The van der Waals surface area contributed by atoms with E-state index in [1.807, 2.05) is 4.90 Å². The summed E-state index contributed by atoms with van der Waals surface area (Å²) in [5.74, 6) is 1.41. The maximum absolute atomic E-state index is 12.7. The molecule has 1 aliphatic heterocycles. The Bertz CT molecular complexity index is 792. The van der Waals surface area contributed by atoms with Gasteiger partial charge in [-0.15, -0.1) is 0 Å². The Labute approximate surface area is 155 Å². The van der Waals surface area contributed by atoms with Gasteiger partial charge in [-0.1, -0.05) is 23.8 Å². The van der Waals surface area contributed by atoms with Gasteiger partial charge in [-0.3, -0.25) is 9.69 Å². The summed E-state index contributed by atoms with van der Waals surface area (Å²) in [6, 6.07) is 8.30. The van der Waals surface area contributed by atoms with E-state index in [-0.39, 0.29) is 5.91 Å². The quantitative estimate of drug-likeness (QED) is 0.889. The minimum absolute atomic E-state index is 0.204. The number of carbonyl (C=O) groups excluding carboxylic acids is 1. The minimum atomic E-state index is 0.204. The van der Waals surface area contributed by atoms with Gasteiger partial charge in [0.05, 0.1) is 13.0 Å². The molecule has 26 heavy (non-hydrogen) atoms. The van der Waals surface area contributed by atoms with E-state index in [1.54, 1.807) is 12.3 Å². The van der Waals surface area contributed by atoms with Gasteiger partial charge >= 0.3 is 0 Å². The lowest BCUT2D eigenvalue weighted by Crippen LogP contribution is -2.37. The molecule has 2 heterocycles. The van der Waals surface area contributed by atoms with Gasteiger partial charge in [0, 0.05) is 25.3 Å². The molecule has 0 bridgehead atoms. The number of carbonyl (C=O) groups is 1. The van der Waals surface area contributed by atoms with Crippen LogP contribution in [-0.4, -0.2) is 51.9 Å². The smallest absolute Gasteiger partial charge is 0.227 e. The van der Waals surface area contributed by atoms with Gasteiger partial charge in [0.25, 0.3) is 0 Å². The van der Waals surface area contributed by atoms with E-state index in [0.29, 0.717) is 30.6 Å². The standard InChI is InChI=1S/C20H27N5O/c1-14-4-5-15(2)16(10-14)11-20(26)25-9-7-17(12-25)24(3)13-19-22-8-6-18(21)23-19/h4-6,8,10,17H,7,9,11-13H2,1-3H3,(H2,21,22,23). The zero-order valence-electron chi connectivity index (χ0n) is 15.8. The average molecular weight is 353 g/mol. The Kier molecular flexibility index (Phi) is 5.52. The number of benzene rings is 1. The van der Waals surface area contributed by atoms with Crippen LogP contribution in [0.3, 0.4) is 0 Å². The average Bonchev–Trinajstić information content (AvgIpc) is 3.08. The number of likely N-dealkylation sites (tertiary alicyclic amines) is 1. The molecule has 0 aliphatic carbocycles. The number of aromatic nitrogens is 2. The second kappa shape index (κ2) is 7.83. The highest BCUT2D eigenvalue weighted by molar-refractivity contribution is 5.79. The van der Waals surface area contributed by atoms with E-state index >= 15 is 0 Å². The molecular weight excluding hydrogens is 326 g/mol. The topological polar surface area (TPSA) is 75.4 Å². The van der Waals surface area contributed by atoms with E-state index in [9.17, 15) is 4.79 Å². The molecule has 1 fully saturated rings. The van der Waals surface area contributed by atoms with Crippen molar-refractivity contribution in [1.82, 2.24) is 19.8 Å². The van der Waals surface area contributed by atoms with Crippen LogP contribution in [0.25, 0.3) is 0 Å². The van der Waals surface area contributed by atoms with Crippen molar-refractivity contribution in [2.24, 2.45) is 0 Å². The number of hydrogen-bond acceptors (Lipinski definition) is 5. The summed E-state index contributed by atoms with van der Waals surface area (Å²) in [6.07, 6.45) is 3.12. The van der Waals surface area contributed by atoms with Crippen LogP contribution in [0.4, 0.5) is 5.82 Å². The summed E-state index contributed by atoms with van der Waals surface area (Å²) >= 11 is 0. The van der Waals surface area contributed by atoms with Gasteiger partial charge in [0.2, 0.25) is 5.91 Å². The normalized spacial score (nSPS) is 17.1. The second-order valence-corrected chi connectivity index (χ2v) is 7.20. The fourth-order valence-corrected chi connectivity index (χ4v) is 3.44. The van der Waals surface area contributed by atoms with Crippen LogP contribution in [-0.2, 0) is 17.8 Å². The number of likely N-dealkylation sites (N-methyl/N-ethyl adjacent to an activating group) is 1. The summed E-state index contributed by atoms with van der Waals surface area (Å²) < 4.78 is 0. The molecule has 3 rings (SSSR count). The third-order valence-corrected chi connectivity index (χ3v) is 5.10. The molecule has 2 aromatic rings. The molecule has 6 nitrogen and oxygen atoms in total. The molecule has 1 saturated heterocycles. The number of hydrogen-bond donors (Lipinski definition) is 1. The minimum Gasteiger partial charge on any atom is -0.384 e. The molecule has 2 N–H and O–H groups in total. The Morgan fingerprint density at radius 2 is 2.15 bits per heavy atom. The number of amides is 1. The van der Waals surface area contributed by atoms with Crippen molar-refractivity contribution in [2.45, 2.75) is 39.3 Å². The zero-order chi connectivity index (χ0) is 18.7. The van der Waals surface area contributed by atoms with E-state index in [4.69, 9.17) is 5.73 Å².